The van der Waals surface area contributed by atoms with Crippen molar-refractivity contribution in [2.24, 2.45) is 10.9 Å². The van der Waals surface area contributed by atoms with Crippen molar-refractivity contribution in [3.63, 3.8) is 0 Å². The third-order valence-electron chi connectivity index (χ3n) is 2.95. The highest BCUT2D eigenvalue weighted by Gasteiger charge is 2.15. The molecular formula is C14H14BrN3O2S. The van der Waals surface area contributed by atoms with Gasteiger partial charge in [-0.15, -0.1) is 11.3 Å². The van der Waals surface area contributed by atoms with Crippen LogP contribution in [-0.2, 0) is 6.42 Å². The molecule has 110 valence electrons. The first kappa shape index (κ1) is 15.5. The lowest BCUT2D eigenvalue weighted by atomic mass is 10.1. The molecule has 2 rings (SSSR count). The van der Waals surface area contributed by atoms with E-state index >= 15 is 0 Å². The smallest absolute Gasteiger partial charge is 0.266 e. The number of nitrogens with one attached hydrogen (secondary N) is 1. The molecular weight excluding hydrogens is 354 g/mol. The number of nitrogens with two attached hydrogens (primary N) is 1. The lowest BCUT2D eigenvalue weighted by Gasteiger charge is -2.11. The standard InChI is InChI=1S/C14H14BrN3O2S/c1-2-8-5-6-21-12(8)14(19)17-11-7-9(15)3-4-10(11)13(16)18-20/h3-7,20H,2H2,1H3,(H2,16,18)(H,17,19). The highest BCUT2D eigenvalue weighted by atomic mass is 79.9. The molecule has 0 saturated heterocycles. The van der Waals surface area contributed by atoms with Gasteiger partial charge in [0.25, 0.3) is 5.91 Å². The van der Waals surface area contributed by atoms with E-state index < -0.39 is 0 Å². The van der Waals surface area contributed by atoms with Crippen LogP contribution >= 0.6 is 27.3 Å². The number of aryl methyl sites for hydroxylation is 1. The molecule has 21 heavy (non-hydrogen) atoms. The molecule has 5 nitrogen and oxygen atoms in total. The fourth-order valence-electron chi connectivity index (χ4n) is 1.89. The maximum absolute atomic E-state index is 12.4. The largest absolute Gasteiger partial charge is 0.409 e. The summed E-state index contributed by atoms with van der Waals surface area (Å²) in [5.74, 6) is -0.258. The number of thiophene rings is 1. The van der Waals surface area contributed by atoms with Crippen LogP contribution in [0.25, 0.3) is 0 Å². The lowest BCUT2D eigenvalue weighted by molar-refractivity contribution is 0.103. The van der Waals surface area contributed by atoms with E-state index in [1.54, 1.807) is 18.2 Å². The van der Waals surface area contributed by atoms with Crippen molar-refractivity contribution in [3.05, 3.63) is 50.1 Å². The molecule has 4 N–H and O–H groups in total. The van der Waals surface area contributed by atoms with Crippen molar-refractivity contribution in [2.45, 2.75) is 13.3 Å². The monoisotopic (exact) mass is 367 g/mol. The predicted molar refractivity (Wildman–Crippen MR) is 88.3 cm³/mol. The number of hydrogen-bond donors (Lipinski definition) is 3. The Morgan fingerprint density at radius 3 is 2.90 bits per heavy atom. The summed E-state index contributed by atoms with van der Waals surface area (Å²) in [6.07, 6.45) is 0.790. The number of benzene rings is 1. The van der Waals surface area contributed by atoms with E-state index in [1.165, 1.54) is 11.3 Å². The minimum Gasteiger partial charge on any atom is -0.409 e. The number of nitrogens with zero attached hydrogens (tertiary/aromatic N) is 1. The number of amidine groups is 1. The topological polar surface area (TPSA) is 87.7 Å². The molecule has 1 aromatic carbocycles. The number of rotatable bonds is 4. The van der Waals surface area contributed by atoms with Crippen LogP contribution in [0.3, 0.4) is 0 Å². The first-order valence-corrected chi connectivity index (χ1v) is 7.89. The van der Waals surface area contributed by atoms with Crippen molar-refractivity contribution >= 4 is 44.7 Å². The van der Waals surface area contributed by atoms with Crippen LogP contribution < -0.4 is 11.1 Å². The van der Waals surface area contributed by atoms with Gasteiger partial charge in [-0.25, -0.2) is 0 Å². The molecule has 0 spiro atoms. The Kier molecular flexibility index (Phi) is 4.98. The molecule has 0 aliphatic carbocycles. The number of carbonyl (C=O) groups is 1. The number of oxime groups is 1. The second kappa shape index (κ2) is 6.73. The maximum Gasteiger partial charge on any atom is 0.266 e. The molecule has 7 heteroatoms. The van der Waals surface area contributed by atoms with Crippen molar-refractivity contribution in [2.75, 3.05) is 5.32 Å². The highest BCUT2D eigenvalue weighted by molar-refractivity contribution is 9.10. The normalized spacial score (nSPS) is 11.4. The minimum absolute atomic E-state index is 0.0558. The Bertz CT molecular complexity index is 697. The molecule has 0 saturated carbocycles. The van der Waals surface area contributed by atoms with Gasteiger partial charge in [-0.2, -0.15) is 0 Å². The zero-order valence-corrected chi connectivity index (χ0v) is 13.7. The van der Waals surface area contributed by atoms with Gasteiger partial charge >= 0.3 is 0 Å². The van der Waals surface area contributed by atoms with Crippen LogP contribution in [0.2, 0.25) is 0 Å². The first-order valence-electron chi connectivity index (χ1n) is 6.22. The second-order valence-corrected chi connectivity index (χ2v) is 6.09. The summed E-state index contributed by atoms with van der Waals surface area (Å²) < 4.78 is 0.786. The fraction of sp³-hybridized carbons (Fsp3) is 0.143. The Morgan fingerprint density at radius 1 is 1.48 bits per heavy atom. The van der Waals surface area contributed by atoms with E-state index in [4.69, 9.17) is 10.9 Å². The zero-order valence-electron chi connectivity index (χ0n) is 11.3. The fourth-order valence-corrected chi connectivity index (χ4v) is 3.14. The summed E-state index contributed by atoms with van der Waals surface area (Å²) in [6, 6.07) is 7.07. The lowest BCUT2D eigenvalue weighted by Crippen LogP contribution is -2.19. The third-order valence-corrected chi connectivity index (χ3v) is 4.40. The van der Waals surface area contributed by atoms with Gasteiger partial charge in [0.15, 0.2) is 5.84 Å². The van der Waals surface area contributed by atoms with Crippen LogP contribution in [0.4, 0.5) is 5.69 Å². The van der Waals surface area contributed by atoms with Crippen LogP contribution in [-0.4, -0.2) is 17.0 Å². The van der Waals surface area contributed by atoms with Gasteiger partial charge in [-0.1, -0.05) is 28.0 Å². The average molecular weight is 368 g/mol. The van der Waals surface area contributed by atoms with Crippen LogP contribution in [0.5, 0.6) is 0 Å². The SMILES string of the molecule is CCc1ccsc1C(=O)Nc1cc(Br)ccc1/C(N)=N/O. The quantitative estimate of drug-likeness (QED) is 0.334. The number of hydrogen-bond acceptors (Lipinski definition) is 4. The van der Waals surface area contributed by atoms with Crippen molar-refractivity contribution in [3.8, 4) is 0 Å². The predicted octanol–water partition coefficient (Wildman–Crippen LogP) is 3.42. The summed E-state index contributed by atoms with van der Waals surface area (Å²) in [6.45, 7) is 2.00. The summed E-state index contributed by atoms with van der Waals surface area (Å²) in [4.78, 5) is 13.0. The summed E-state index contributed by atoms with van der Waals surface area (Å²) in [5, 5.41) is 16.5. The van der Waals surface area contributed by atoms with Gasteiger partial charge in [-0.05, 0) is 41.6 Å². The van der Waals surface area contributed by atoms with Crippen LogP contribution in [0, 0.1) is 0 Å². The number of carbonyl (C=O) groups excluding carboxylic acids is 1. The van der Waals surface area contributed by atoms with Crippen molar-refractivity contribution in [1.29, 1.82) is 0 Å². The third kappa shape index (κ3) is 3.43. The Morgan fingerprint density at radius 2 is 2.24 bits per heavy atom. The molecule has 0 atom stereocenters. The summed E-state index contributed by atoms with van der Waals surface area (Å²) >= 11 is 4.73. The Hall–Kier alpha value is -1.86. The molecule has 0 bridgehead atoms. The maximum atomic E-state index is 12.4. The number of amides is 1. The summed E-state index contributed by atoms with van der Waals surface area (Å²) in [7, 11) is 0. The van der Waals surface area contributed by atoms with E-state index in [2.05, 4.69) is 26.4 Å². The van der Waals surface area contributed by atoms with Gasteiger partial charge in [0.1, 0.15) is 0 Å². The summed E-state index contributed by atoms with van der Waals surface area (Å²) in [5.41, 5.74) is 7.58. The molecule has 1 heterocycles. The van der Waals surface area contributed by atoms with E-state index in [-0.39, 0.29) is 11.7 Å². The van der Waals surface area contributed by atoms with E-state index in [9.17, 15) is 4.79 Å². The van der Waals surface area contributed by atoms with Gasteiger partial charge < -0.3 is 16.3 Å². The van der Waals surface area contributed by atoms with Gasteiger partial charge in [0, 0.05) is 10.0 Å². The van der Waals surface area contributed by atoms with Crippen molar-refractivity contribution < 1.29 is 10.0 Å². The molecule has 0 aliphatic heterocycles. The molecule has 0 aliphatic rings. The minimum atomic E-state index is -0.202. The van der Waals surface area contributed by atoms with Gasteiger partial charge in [0.05, 0.1) is 10.6 Å². The number of halogens is 1. The van der Waals surface area contributed by atoms with E-state index in [0.717, 1.165) is 16.5 Å². The molecule has 1 amide bonds. The Labute approximate surface area is 134 Å². The highest BCUT2D eigenvalue weighted by Crippen LogP contribution is 2.24. The van der Waals surface area contributed by atoms with E-state index in [0.29, 0.717) is 16.1 Å². The molecule has 0 unspecified atom stereocenters. The van der Waals surface area contributed by atoms with Gasteiger partial charge in [0.2, 0.25) is 0 Å². The molecule has 2 aromatic rings. The van der Waals surface area contributed by atoms with Crippen LogP contribution in [0.1, 0.15) is 27.7 Å². The Balaban J connectivity index is 2.35. The van der Waals surface area contributed by atoms with E-state index in [1.807, 2.05) is 18.4 Å². The van der Waals surface area contributed by atoms with Crippen LogP contribution in [0.15, 0.2) is 39.3 Å². The first-order chi connectivity index (χ1) is 10.1. The van der Waals surface area contributed by atoms with Crippen molar-refractivity contribution in [1.82, 2.24) is 0 Å². The molecule has 0 fully saturated rings. The zero-order chi connectivity index (χ0) is 15.4. The number of anilines is 1. The van der Waals surface area contributed by atoms with Gasteiger partial charge in [-0.3, -0.25) is 4.79 Å². The second-order valence-electron chi connectivity index (χ2n) is 4.26. The average Bonchev–Trinajstić information content (AvgIpc) is 2.95. The molecule has 1 aromatic heterocycles. The molecule has 0 radical (unpaired) electrons.